The van der Waals surface area contributed by atoms with Crippen LogP contribution >= 0.6 is 23.4 Å². The summed E-state index contributed by atoms with van der Waals surface area (Å²) in [5.74, 6) is 1.03. The molecule has 1 fully saturated rings. The van der Waals surface area contributed by atoms with Gasteiger partial charge in [0.2, 0.25) is 0 Å². The maximum atomic E-state index is 12.4. The number of furan rings is 1. The van der Waals surface area contributed by atoms with Crippen molar-refractivity contribution in [3.8, 4) is 11.3 Å². The van der Waals surface area contributed by atoms with Crippen LogP contribution in [-0.4, -0.2) is 11.1 Å². The van der Waals surface area contributed by atoms with Gasteiger partial charge >= 0.3 is 0 Å². The Morgan fingerprint density at radius 1 is 0.933 bits per heavy atom. The molecular weight excluding hydrogens is 416 g/mol. The Balaban J connectivity index is 1.42. The second-order valence-corrected chi connectivity index (χ2v) is 8.10. The maximum absolute atomic E-state index is 12.4. The van der Waals surface area contributed by atoms with Gasteiger partial charge in [0.05, 0.1) is 15.6 Å². The predicted molar refractivity (Wildman–Crippen MR) is 124 cm³/mol. The van der Waals surface area contributed by atoms with Crippen molar-refractivity contribution >= 4 is 57.0 Å². The van der Waals surface area contributed by atoms with Gasteiger partial charge in [-0.15, -0.1) is 0 Å². The van der Waals surface area contributed by atoms with Crippen LogP contribution < -0.4 is 5.32 Å². The summed E-state index contributed by atoms with van der Waals surface area (Å²) in [4.78, 5) is 17.6. The number of rotatable bonds is 3. The Labute approximate surface area is 182 Å². The van der Waals surface area contributed by atoms with E-state index >= 15 is 0 Å². The lowest BCUT2D eigenvalue weighted by Gasteiger charge is -2.02. The molecule has 1 N–H and O–H groups in total. The van der Waals surface area contributed by atoms with E-state index in [-0.39, 0.29) is 5.91 Å². The fourth-order valence-corrected chi connectivity index (χ4v) is 4.30. The average Bonchev–Trinajstić information content (AvgIpc) is 3.35. The second-order valence-electron chi connectivity index (χ2n) is 6.66. The monoisotopic (exact) mass is 430 g/mol. The average molecular weight is 431 g/mol. The summed E-state index contributed by atoms with van der Waals surface area (Å²) >= 11 is 7.53. The molecule has 0 radical (unpaired) electrons. The van der Waals surface area contributed by atoms with E-state index in [2.05, 4.69) is 10.3 Å². The molecule has 0 saturated carbocycles. The van der Waals surface area contributed by atoms with Crippen molar-refractivity contribution in [2.24, 2.45) is 4.99 Å². The normalized spacial score (nSPS) is 16.5. The number of hydrogen-bond acceptors (Lipinski definition) is 4. The molecule has 0 aliphatic carbocycles. The summed E-state index contributed by atoms with van der Waals surface area (Å²) in [5, 5.41) is 6.13. The molecule has 0 atom stereocenters. The number of carbonyl (C=O) groups excluding carboxylic acids is 1. The highest BCUT2D eigenvalue weighted by molar-refractivity contribution is 8.18. The molecule has 5 rings (SSSR count). The molecular formula is C24H15ClN2O2S. The molecule has 0 unspecified atom stereocenters. The molecule has 3 aromatic carbocycles. The number of nitrogens with zero attached hydrogens (tertiary/aromatic N) is 1. The highest BCUT2D eigenvalue weighted by Gasteiger charge is 2.24. The minimum atomic E-state index is -0.199. The molecule has 1 aliphatic rings. The molecule has 1 amide bonds. The summed E-state index contributed by atoms with van der Waals surface area (Å²) in [6.07, 6.45) is 1.71. The van der Waals surface area contributed by atoms with Crippen molar-refractivity contribution in [2.45, 2.75) is 0 Å². The zero-order valence-corrected chi connectivity index (χ0v) is 17.2. The Hall–Kier alpha value is -3.28. The van der Waals surface area contributed by atoms with Gasteiger partial charge in [-0.3, -0.25) is 4.79 Å². The number of benzene rings is 3. The molecule has 4 nitrogen and oxygen atoms in total. The quantitative estimate of drug-likeness (QED) is 0.370. The molecule has 0 bridgehead atoms. The lowest BCUT2D eigenvalue weighted by molar-refractivity contribution is -0.115. The lowest BCUT2D eigenvalue weighted by Crippen LogP contribution is -2.19. The van der Waals surface area contributed by atoms with Gasteiger partial charge in [0.25, 0.3) is 5.91 Å². The van der Waals surface area contributed by atoms with Crippen LogP contribution in [0.25, 0.3) is 28.2 Å². The summed E-state index contributed by atoms with van der Waals surface area (Å²) in [6.45, 7) is 0. The van der Waals surface area contributed by atoms with Crippen molar-refractivity contribution in [1.82, 2.24) is 5.32 Å². The topological polar surface area (TPSA) is 54.6 Å². The van der Waals surface area contributed by atoms with E-state index in [1.165, 1.54) is 11.8 Å². The van der Waals surface area contributed by atoms with Crippen LogP contribution in [0.2, 0.25) is 5.02 Å². The number of hydrogen-bond donors (Lipinski definition) is 1. The summed E-state index contributed by atoms with van der Waals surface area (Å²) in [6, 6.07) is 25.1. The minimum absolute atomic E-state index is 0.199. The molecule has 2 heterocycles. The molecule has 1 aromatic heterocycles. The van der Waals surface area contributed by atoms with E-state index in [1.54, 1.807) is 6.08 Å². The highest BCUT2D eigenvalue weighted by atomic mass is 35.5. The fraction of sp³-hybridized carbons (Fsp3) is 0. The molecule has 1 saturated heterocycles. The first-order valence-corrected chi connectivity index (χ1v) is 10.5. The zero-order chi connectivity index (χ0) is 20.5. The Kier molecular flexibility index (Phi) is 4.91. The van der Waals surface area contributed by atoms with Crippen LogP contribution in [0.15, 0.2) is 93.2 Å². The van der Waals surface area contributed by atoms with E-state index in [0.29, 0.717) is 26.6 Å². The number of fused-ring (bicyclic) bond motifs is 1. The third-order valence-corrected chi connectivity index (χ3v) is 5.92. The first-order valence-electron chi connectivity index (χ1n) is 9.29. The maximum Gasteiger partial charge on any atom is 0.264 e. The third kappa shape index (κ3) is 3.65. The van der Waals surface area contributed by atoms with Crippen molar-refractivity contribution in [1.29, 1.82) is 0 Å². The van der Waals surface area contributed by atoms with Crippen LogP contribution in [0.4, 0.5) is 5.69 Å². The fourth-order valence-electron chi connectivity index (χ4n) is 3.26. The second kappa shape index (κ2) is 7.86. The predicted octanol–water partition coefficient (Wildman–Crippen LogP) is 6.64. The van der Waals surface area contributed by atoms with Gasteiger partial charge < -0.3 is 9.73 Å². The van der Waals surface area contributed by atoms with Crippen LogP contribution in [0.1, 0.15) is 5.76 Å². The Morgan fingerprint density at radius 2 is 1.73 bits per heavy atom. The number of amidine groups is 1. The van der Waals surface area contributed by atoms with Gasteiger partial charge in [0.1, 0.15) is 11.5 Å². The van der Waals surface area contributed by atoms with Gasteiger partial charge in [-0.1, -0.05) is 60.1 Å². The number of aliphatic imine (C=N–C) groups is 1. The molecule has 0 spiro atoms. The summed E-state index contributed by atoms with van der Waals surface area (Å²) in [7, 11) is 0. The number of amides is 1. The van der Waals surface area contributed by atoms with Gasteiger partial charge in [-0.2, -0.15) is 0 Å². The van der Waals surface area contributed by atoms with Crippen molar-refractivity contribution < 1.29 is 9.21 Å². The standard InChI is InChI=1S/C24H15ClN2O2S/c25-19-10-4-3-9-18(19)21-13-12-16(29-21)14-22-23(28)27-24(30-22)26-20-11-5-7-15-6-1-2-8-17(15)20/h1-14H,(H,26,27,28)/b22-14+. The van der Waals surface area contributed by atoms with E-state index in [9.17, 15) is 4.79 Å². The van der Waals surface area contributed by atoms with Gasteiger partial charge in [-0.05, 0) is 47.5 Å². The van der Waals surface area contributed by atoms with Crippen molar-refractivity contribution in [3.05, 3.63) is 94.6 Å². The lowest BCUT2D eigenvalue weighted by atomic mass is 10.1. The van der Waals surface area contributed by atoms with E-state index < -0.39 is 0 Å². The van der Waals surface area contributed by atoms with E-state index in [1.807, 2.05) is 78.9 Å². The van der Waals surface area contributed by atoms with Crippen LogP contribution in [-0.2, 0) is 4.79 Å². The van der Waals surface area contributed by atoms with E-state index in [4.69, 9.17) is 16.0 Å². The zero-order valence-electron chi connectivity index (χ0n) is 15.6. The van der Waals surface area contributed by atoms with E-state index in [0.717, 1.165) is 22.0 Å². The Bertz CT molecular complexity index is 1330. The Morgan fingerprint density at radius 3 is 2.63 bits per heavy atom. The molecule has 146 valence electrons. The smallest absolute Gasteiger partial charge is 0.264 e. The third-order valence-electron chi connectivity index (χ3n) is 4.68. The largest absolute Gasteiger partial charge is 0.457 e. The van der Waals surface area contributed by atoms with Crippen LogP contribution in [0.3, 0.4) is 0 Å². The number of nitrogens with one attached hydrogen (secondary N) is 1. The summed E-state index contributed by atoms with van der Waals surface area (Å²) < 4.78 is 5.88. The first kappa shape index (κ1) is 18.7. The van der Waals surface area contributed by atoms with Crippen LogP contribution in [0.5, 0.6) is 0 Å². The highest BCUT2D eigenvalue weighted by Crippen LogP contribution is 2.33. The van der Waals surface area contributed by atoms with Crippen molar-refractivity contribution in [3.63, 3.8) is 0 Å². The SMILES string of the molecule is O=C1NC(=Nc2cccc3ccccc23)S/C1=C/c1ccc(-c2ccccc2Cl)o1. The molecule has 30 heavy (non-hydrogen) atoms. The van der Waals surface area contributed by atoms with Crippen LogP contribution in [0, 0.1) is 0 Å². The molecule has 1 aliphatic heterocycles. The minimum Gasteiger partial charge on any atom is -0.457 e. The van der Waals surface area contributed by atoms with Gasteiger partial charge in [0, 0.05) is 17.0 Å². The number of halogens is 1. The van der Waals surface area contributed by atoms with Gasteiger partial charge in [-0.25, -0.2) is 4.99 Å². The first-order chi connectivity index (χ1) is 14.7. The molecule has 4 aromatic rings. The summed E-state index contributed by atoms with van der Waals surface area (Å²) in [5.41, 5.74) is 1.63. The van der Waals surface area contributed by atoms with Crippen molar-refractivity contribution in [2.75, 3.05) is 0 Å². The number of carbonyl (C=O) groups is 1. The number of thioether (sulfide) groups is 1. The van der Waals surface area contributed by atoms with Gasteiger partial charge in [0.15, 0.2) is 5.17 Å². The molecule has 6 heteroatoms.